The molecule has 0 atom stereocenters. The predicted molar refractivity (Wildman–Crippen MR) is 85.2 cm³/mol. The van der Waals surface area contributed by atoms with Crippen LogP contribution >= 0.6 is 0 Å². The number of ether oxygens (including phenoxy) is 2. The fraction of sp³-hybridized carbons (Fsp3) is 0.562. The van der Waals surface area contributed by atoms with Gasteiger partial charge in [-0.1, -0.05) is 0 Å². The van der Waals surface area contributed by atoms with Crippen LogP contribution in [0.25, 0.3) is 0 Å². The highest BCUT2D eigenvalue weighted by Gasteiger charge is 2.40. The standard InChI is InChI=1S/C16H23N3O3/c1-16(2)15(20)19(6-5-18-7-9-21-10-8-18)13-4-3-12(17)11-14(13)22-16/h3-4,11H,5-10,17H2,1-2H3. The number of nitrogen functional groups attached to an aromatic ring is 1. The van der Waals surface area contributed by atoms with Gasteiger partial charge in [0.15, 0.2) is 5.60 Å². The van der Waals surface area contributed by atoms with Gasteiger partial charge in [0.2, 0.25) is 0 Å². The Morgan fingerprint density at radius 2 is 1.95 bits per heavy atom. The second-order valence-corrected chi connectivity index (χ2v) is 6.25. The normalized spacial score (nSPS) is 21.4. The number of hydrogen-bond acceptors (Lipinski definition) is 5. The molecule has 1 saturated heterocycles. The Kier molecular flexibility index (Phi) is 3.97. The van der Waals surface area contributed by atoms with Crippen LogP contribution in [-0.4, -0.2) is 55.8 Å². The number of morpholine rings is 1. The Morgan fingerprint density at radius 3 is 2.68 bits per heavy atom. The van der Waals surface area contributed by atoms with Crippen LogP contribution in [0.5, 0.6) is 5.75 Å². The molecule has 6 heteroatoms. The fourth-order valence-corrected chi connectivity index (χ4v) is 2.88. The molecule has 2 heterocycles. The zero-order valence-corrected chi connectivity index (χ0v) is 13.2. The van der Waals surface area contributed by atoms with E-state index in [1.165, 1.54) is 0 Å². The van der Waals surface area contributed by atoms with Crippen LogP contribution in [0, 0.1) is 0 Å². The van der Waals surface area contributed by atoms with Crippen molar-refractivity contribution in [2.75, 3.05) is 50.0 Å². The van der Waals surface area contributed by atoms with E-state index in [9.17, 15) is 4.79 Å². The van der Waals surface area contributed by atoms with Crippen molar-refractivity contribution in [3.8, 4) is 5.75 Å². The van der Waals surface area contributed by atoms with Crippen LogP contribution in [0.1, 0.15) is 13.8 Å². The van der Waals surface area contributed by atoms with Gasteiger partial charge in [-0.15, -0.1) is 0 Å². The lowest BCUT2D eigenvalue weighted by atomic mass is 10.0. The highest BCUT2D eigenvalue weighted by atomic mass is 16.5. The predicted octanol–water partition coefficient (Wildman–Crippen LogP) is 1.10. The van der Waals surface area contributed by atoms with E-state index in [4.69, 9.17) is 15.2 Å². The summed E-state index contributed by atoms with van der Waals surface area (Å²) < 4.78 is 11.2. The van der Waals surface area contributed by atoms with E-state index in [0.29, 0.717) is 18.0 Å². The van der Waals surface area contributed by atoms with Gasteiger partial charge < -0.3 is 20.1 Å². The zero-order valence-electron chi connectivity index (χ0n) is 13.2. The first kappa shape index (κ1) is 15.1. The molecule has 1 amide bonds. The van der Waals surface area contributed by atoms with Crippen LogP contribution in [0.4, 0.5) is 11.4 Å². The molecule has 1 aromatic carbocycles. The smallest absolute Gasteiger partial charge is 0.270 e. The maximum Gasteiger partial charge on any atom is 0.270 e. The Bertz CT molecular complexity index is 568. The van der Waals surface area contributed by atoms with E-state index in [0.717, 1.165) is 38.5 Å². The highest BCUT2D eigenvalue weighted by Crippen LogP contribution is 2.38. The number of carbonyl (C=O) groups excluding carboxylic acids is 1. The maximum absolute atomic E-state index is 12.7. The third kappa shape index (κ3) is 2.89. The Balaban J connectivity index is 1.80. The minimum atomic E-state index is -0.869. The van der Waals surface area contributed by atoms with Crippen LogP contribution in [-0.2, 0) is 9.53 Å². The molecule has 2 aliphatic heterocycles. The quantitative estimate of drug-likeness (QED) is 0.847. The second-order valence-electron chi connectivity index (χ2n) is 6.25. The molecular formula is C16H23N3O3. The average molecular weight is 305 g/mol. The molecule has 2 aliphatic rings. The number of anilines is 2. The van der Waals surface area contributed by atoms with Gasteiger partial charge >= 0.3 is 0 Å². The number of fused-ring (bicyclic) bond motifs is 1. The van der Waals surface area contributed by atoms with Gasteiger partial charge in [0.05, 0.1) is 18.9 Å². The molecule has 3 rings (SSSR count). The minimum Gasteiger partial charge on any atom is -0.476 e. The summed E-state index contributed by atoms with van der Waals surface area (Å²) in [5, 5.41) is 0. The summed E-state index contributed by atoms with van der Waals surface area (Å²) in [5.41, 5.74) is 6.40. The van der Waals surface area contributed by atoms with Gasteiger partial charge in [-0.3, -0.25) is 9.69 Å². The molecule has 1 aromatic rings. The maximum atomic E-state index is 12.7. The van der Waals surface area contributed by atoms with Crippen LogP contribution in [0.15, 0.2) is 18.2 Å². The first-order chi connectivity index (χ1) is 10.5. The second kappa shape index (κ2) is 5.78. The van der Waals surface area contributed by atoms with Crippen molar-refractivity contribution in [1.82, 2.24) is 4.90 Å². The number of carbonyl (C=O) groups is 1. The fourth-order valence-electron chi connectivity index (χ4n) is 2.88. The summed E-state index contributed by atoms with van der Waals surface area (Å²) in [6.07, 6.45) is 0. The lowest BCUT2D eigenvalue weighted by Crippen LogP contribution is -2.54. The lowest BCUT2D eigenvalue weighted by molar-refractivity contribution is -0.132. The summed E-state index contributed by atoms with van der Waals surface area (Å²) in [4.78, 5) is 16.8. The summed E-state index contributed by atoms with van der Waals surface area (Å²) in [6.45, 7) is 8.41. The van der Waals surface area contributed by atoms with Crippen molar-refractivity contribution in [1.29, 1.82) is 0 Å². The SMILES string of the molecule is CC1(C)Oc2cc(N)ccc2N(CCN2CCOCC2)C1=O. The largest absolute Gasteiger partial charge is 0.476 e. The Morgan fingerprint density at radius 1 is 1.23 bits per heavy atom. The molecule has 0 bridgehead atoms. The van der Waals surface area contributed by atoms with Crippen LogP contribution in [0.3, 0.4) is 0 Å². The molecule has 120 valence electrons. The van der Waals surface area contributed by atoms with Crippen molar-refractivity contribution in [3.05, 3.63) is 18.2 Å². The molecule has 0 aliphatic carbocycles. The zero-order chi connectivity index (χ0) is 15.7. The average Bonchev–Trinajstić information content (AvgIpc) is 2.48. The molecule has 2 N–H and O–H groups in total. The number of benzene rings is 1. The number of amides is 1. The summed E-state index contributed by atoms with van der Waals surface area (Å²) in [6, 6.07) is 5.44. The van der Waals surface area contributed by atoms with Crippen LogP contribution in [0.2, 0.25) is 0 Å². The van der Waals surface area contributed by atoms with Crippen molar-refractivity contribution >= 4 is 17.3 Å². The van der Waals surface area contributed by atoms with Crippen LogP contribution < -0.4 is 15.4 Å². The summed E-state index contributed by atoms with van der Waals surface area (Å²) in [7, 11) is 0. The van der Waals surface area contributed by atoms with E-state index in [-0.39, 0.29) is 5.91 Å². The van der Waals surface area contributed by atoms with Crippen molar-refractivity contribution in [2.45, 2.75) is 19.4 Å². The molecule has 0 spiro atoms. The first-order valence-electron chi connectivity index (χ1n) is 7.68. The van der Waals surface area contributed by atoms with Gasteiger partial charge in [0.25, 0.3) is 5.91 Å². The first-order valence-corrected chi connectivity index (χ1v) is 7.68. The molecule has 22 heavy (non-hydrogen) atoms. The Hall–Kier alpha value is -1.79. The third-order valence-electron chi connectivity index (χ3n) is 4.14. The molecule has 0 unspecified atom stereocenters. The lowest BCUT2D eigenvalue weighted by Gasteiger charge is -2.40. The van der Waals surface area contributed by atoms with Gasteiger partial charge in [-0.25, -0.2) is 0 Å². The van der Waals surface area contributed by atoms with E-state index >= 15 is 0 Å². The number of hydrogen-bond donors (Lipinski definition) is 1. The van der Waals surface area contributed by atoms with Gasteiger partial charge in [0, 0.05) is 37.9 Å². The highest BCUT2D eigenvalue weighted by molar-refractivity contribution is 6.02. The number of nitrogens with two attached hydrogens (primary N) is 1. The monoisotopic (exact) mass is 305 g/mol. The summed E-state index contributed by atoms with van der Waals surface area (Å²) in [5.74, 6) is 0.657. The molecule has 0 aromatic heterocycles. The van der Waals surface area contributed by atoms with E-state index in [2.05, 4.69) is 4.90 Å². The van der Waals surface area contributed by atoms with Gasteiger partial charge in [0.1, 0.15) is 5.75 Å². The third-order valence-corrected chi connectivity index (χ3v) is 4.14. The molecule has 0 saturated carbocycles. The molecule has 6 nitrogen and oxygen atoms in total. The minimum absolute atomic E-state index is 0.0157. The Labute approximate surface area is 130 Å². The van der Waals surface area contributed by atoms with Crippen molar-refractivity contribution in [3.63, 3.8) is 0 Å². The number of rotatable bonds is 3. The topological polar surface area (TPSA) is 68.0 Å². The van der Waals surface area contributed by atoms with E-state index < -0.39 is 5.60 Å². The number of nitrogens with zero attached hydrogens (tertiary/aromatic N) is 2. The van der Waals surface area contributed by atoms with Gasteiger partial charge in [-0.2, -0.15) is 0 Å². The van der Waals surface area contributed by atoms with Crippen molar-refractivity contribution < 1.29 is 14.3 Å². The van der Waals surface area contributed by atoms with Gasteiger partial charge in [-0.05, 0) is 26.0 Å². The summed E-state index contributed by atoms with van der Waals surface area (Å²) >= 11 is 0. The molecule has 0 radical (unpaired) electrons. The van der Waals surface area contributed by atoms with E-state index in [1.54, 1.807) is 26.0 Å². The van der Waals surface area contributed by atoms with E-state index in [1.807, 2.05) is 11.0 Å². The molecule has 1 fully saturated rings. The van der Waals surface area contributed by atoms with Crippen molar-refractivity contribution in [2.24, 2.45) is 0 Å². The molecular weight excluding hydrogens is 282 g/mol.